The lowest BCUT2D eigenvalue weighted by atomic mass is 9.89. The number of aryl methyl sites for hydroxylation is 1. The number of benzene rings is 2. The number of hydrogen-bond acceptors (Lipinski definition) is 4. The molecule has 0 aliphatic carbocycles. The van der Waals surface area contributed by atoms with Gasteiger partial charge in [-0.25, -0.2) is 0 Å². The van der Waals surface area contributed by atoms with Gasteiger partial charge in [0.2, 0.25) is 0 Å². The number of hydrogen-bond donors (Lipinski definition) is 0. The van der Waals surface area contributed by atoms with Gasteiger partial charge in [-0.15, -0.1) is 0 Å². The second-order valence-corrected chi connectivity index (χ2v) is 8.52. The number of carbonyl (C=O) groups is 2. The van der Waals surface area contributed by atoms with Gasteiger partial charge in [0.05, 0.1) is 11.2 Å². The number of thioether (sulfide) groups is 1. The van der Waals surface area contributed by atoms with Crippen molar-refractivity contribution in [2.24, 2.45) is 0 Å². The molecule has 3 nitrogen and oxygen atoms in total. The van der Waals surface area contributed by atoms with Crippen LogP contribution in [0.5, 0.6) is 0 Å². The standard InChI is InChI=1S/C23H22O3S/c1-14-8-7-11-17(15(14)2)20(24)19-21(25)18-12-13-23(3,26-18)22(19)27-16-9-5-4-6-10-16/h4-11,18H,12-13H2,1-3H3. The van der Waals surface area contributed by atoms with Crippen molar-refractivity contribution < 1.29 is 14.3 Å². The summed E-state index contributed by atoms with van der Waals surface area (Å²) in [7, 11) is 0. The minimum absolute atomic E-state index is 0.172. The normalized spacial score (nSPS) is 24.4. The third-order valence-corrected chi connectivity index (χ3v) is 6.92. The van der Waals surface area contributed by atoms with E-state index in [2.05, 4.69) is 0 Å². The predicted octanol–water partition coefficient (Wildman–Crippen LogP) is 5.05. The Morgan fingerprint density at radius 2 is 1.85 bits per heavy atom. The number of Topliss-reactive ketones (excluding diaryl/α,β-unsaturated/α-hetero) is 2. The van der Waals surface area contributed by atoms with Crippen LogP contribution in [0.1, 0.15) is 41.3 Å². The van der Waals surface area contributed by atoms with Crippen molar-refractivity contribution in [1.82, 2.24) is 0 Å². The summed E-state index contributed by atoms with van der Waals surface area (Å²) in [6, 6.07) is 15.5. The average Bonchev–Trinajstić information content (AvgIpc) is 3.03. The maximum Gasteiger partial charge on any atom is 0.197 e. The topological polar surface area (TPSA) is 43.4 Å². The summed E-state index contributed by atoms with van der Waals surface area (Å²) >= 11 is 1.48. The van der Waals surface area contributed by atoms with E-state index in [9.17, 15) is 9.59 Å². The van der Waals surface area contributed by atoms with E-state index in [0.29, 0.717) is 17.6 Å². The van der Waals surface area contributed by atoms with Gasteiger partial charge in [-0.2, -0.15) is 0 Å². The lowest BCUT2D eigenvalue weighted by Gasteiger charge is -2.33. The first-order chi connectivity index (χ1) is 12.9. The Kier molecular flexibility index (Phi) is 4.57. The maximum absolute atomic E-state index is 13.5. The first-order valence-electron chi connectivity index (χ1n) is 9.21. The first kappa shape index (κ1) is 18.2. The second kappa shape index (κ2) is 6.77. The predicted molar refractivity (Wildman–Crippen MR) is 107 cm³/mol. The first-order valence-corrected chi connectivity index (χ1v) is 10.0. The lowest BCUT2D eigenvalue weighted by Crippen LogP contribution is -2.39. The molecule has 2 unspecified atom stereocenters. The van der Waals surface area contributed by atoms with E-state index in [1.807, 2.05) is 69.3 Å². The molecule has 0 spiro atoms. The van der Waals surface area contributed by atoms with Gasteiger partial charge in [-0.3, -0.25) is 9.59 Å². The van der Waals surface area contributed by atoms with Crippen LogP contribution in [0.15, 0.2) is 63.9 Å². The summed E-state index contributed by atoms with van der Waals surface area (Å²) in [5, 5.41) is 0. The largest absolute Gasteiger partial charge is 0.359 e. The fourth-order valence-corrected chi connectivity index (χ4v) is 5.03. The Hall–Kier alpha value is -2.17. The average molecular weight is 378 g/mol. The number of rotatable bonds is 4. The van der Waals surface area contributed by atoms with Gasteiger partial charge in [0.25, 0.3) is 0 Å². The van der Waals surface area contributed by atoms with Gasteiger partial charge in [0.1, 0.15) is 6.10 Å². The highest BCUT2D eigenvalue weighted by Crippen LogP contribution is 2.50. The molecule has 1 fully saturated rings. The minimum atomic E-state index is -0.582. The van der Waals surface area contributed by atoms with Crippen LogP contribution in [-0.4, -0.2) is 23.3 Å². The van der Waals surface area contributed by atoms with Gasteiger partial charge in [-0.1, -0.05) is 48.2 Å². The number of ketones is 2. The Morgan fingerprint density at radius 1 is 1.11 bits per heavy atom. The molecule has 0 N–H and O–H groups in total. The van der Waals surface area contributed by atoms with Crippen molar-refractivity contribution >= 4 is 23.3 Å². The fraction of sp³-hybridized carbons (Fsp3) is 0.304. The molecule has 2 aromatic carbocycles. The lowest BCUT2D eigenvalue weighted by molar-refractivity contribution is -0.130. The molecule has 2 aliphatic heterocycles. The van der Waals surface area contributed by atoms with Crippen LogP contribution in [0.4, 0.5) is 0 Å². The van der Waals surface area contributed by atoms with Crippen LogP contribution in [0.25, 0.3) is 0 Å². The highest BCUT2D eigenvalue weighted by molar-refractivity contribution is 8.03. The third kappa shape index (κ3) is 3.07. The fourth-order valence-electron chi connectivity index (χ4n) is 3.84. The molecule has 0 amide bonds. The molecule has 2 bridgehead atoms. The van der Waals surface area contributed by atoms with E-state index in [0.717, 1.165) is 27.3 Å². The van der Waals surface area contributed by atoms with Crippen molar-refractivity contribution in [2.45, 2.75) is 50.2 Å². The molecule has 0 aromatic heterocycles. The molecular formula is C23H22O3S. The van der Waals surface area contributed by atoms with E-state index in [-0.39, 0.29) is 11.6 Å². The number of ether oxygens (including phenoxy) is 1. The Labute approximate surface area is 163 Å². The number of fused-ring (bicyclic) bond motifs is 2. The van der Waals surface area contributed by atoms with E-state index >= 15 is 0 Å². The molecule has 0 radical (unpaired) electrons. The highest BCUT2D eigenvalue weighted by Gasteiger charge is 2.51. The van der Waals surface area contributed by atoms with Crippen molar-refractivity contribution in [3.63, 3.8) is 0 Å². The molecular weight excluding hydrogens is 356 g/mol. The van der Waals surface area contributed by atoms with E-state index < -0.39 is 11.7 Å². The summed E-state index contributed by atoms with van der Waals surface area (Å²) in [4.78, 5) is 28.4. The Bertz CT molecular complexity index is 961. The molecule has 2 aliphatic rings. The summed E-state index contributed by atoms with van der Waals surface area (Å²) in [6.07, 6.45) is 0.916. The Morgan fingerprint density at radius 3 is 2.59 bits per heavy atom. The zero-order chi connectivity index (χ0) is 19.2. The van der Waals surface area contributed by atoms with Crippen molar-refractivity contribution in [3.05, 3.63) is 75.7 Å². The maximum atomic E-state index is 13.5. The van der Waals surface area contributed by atoms with Crippen LogP contribution in [0.3, 0.4) is 0 Å². The summed E-state index contributed by atoms with van der Waals surface area (Å²) in [5.74, 6) is -0.352. The molecule has 2 aromatic rings. The third-order valence-electron chi connectivity index (χ3n) is 5.57. The zero-order valence-electron chi connectivity index (χ0n) is 15.7. The summed E-state index contributed by atoms with van der Waals surface area (Å²) < 4.78 is 6.07. The molecule has 138 valence electrons. The SMILES string of the molecule is Cc1cccc(C(=O)C2=C(Sc3ccccc3)C3(C)CCC(O3)C2=O)c1C. The quantitative estimate of drug-likeness (QED) is 0.551. The van der Waals surface area contributed by atoms with Crippen LogP contribution in [0, 0.1) is 13.8 Å². The molecule has 4 heteroatoms. The molecule has 1 saturated heterocycles. The van der Waals surface area contributed by atoms with Crippen molar-refractivity contribution in [1.29, 1.82) is 0 Å². The summed E-state index contributed by atoms with van der Waals surface area (Å²) in [5.41, 5.74) is 2.31. The van der Waals surface area contributed by atoms with Crippen LogP contribution >= 0.6 is 11.8 Å². The smallest absolute Gasteiger partial charge is 0.197 e. The van der Waals surface area contributed by atoms with E-state index in [1.165, 1.54) is 11.8 Å². The van der Waals surface area contributed by atoms with Crippen LogP contribution in [0.2, 0.25) is 0 Å². The van der Waals surface area contributed by atoms with E-state index in [4.69, 9.17) is 4.74 Å². The Balaban J connectivity index is 1.87. The molecule has 4 rings (SSSR count). The van der Waals surface area contributed by atoms with Gasteiger partial charge in [0.15, 0.2) is 11.6 Å². The van der Waals surface area contributed by atoms with Gasteiger partial charge in [-0.05, 0) is 56.9 Å². The van der Waals surface area contributed by atoms with Crippen molar-refractivity contribution in [3.8, 4) is 0 Å². The molecule has 27 heavy (non-hydrogen) atoms. The molecule has 2 atom stereocenters. The second-order valence-electron chi connectivity index (χ2n) is 7.44. The molecule has 0 saturated carbocycles. The van der Waals surface area contributed by atoms with E-state index in [1.54, 1.807) is 0 Å². The van der Waals surface area contributed by atoms with Gasteiger partial charge in [0, 0.05) is 15.4 Å². The van der Waals surface area contributed by atoms with Crippen molar-refractivity contribution in [2.75, 3.05) is 0 Å². The van der Waals surface area contributed by atoms with Crippen LogP contribution < -0.4 is 0 Å². The van der Waals surface area contributed by atoms with Crippen LogP contribution in [-0.2, 0) is 9.53 Å². The number of carbonyl (C=O) groups excluding carboxylic acids is 2. The van der Waals surface area contributed by atoms with Gasteiger partial charge < -0.3 is 4.74 Å². The highest BCUT2D eigenvalue weighted by atomic mass is 32.2. The minimum Gasteiger partial charge on any atom is -0.359 e. The van der Waals surface area contributed by atoms with Gasteiger partial charge >= 0.3 is 0 Å². The summed E-state index contributed by atoms with van der Waals surface area (Å²) in [6.45, 7) is 5.92. The molecule has 2 heterocycles. The monoisotopic (exact) mass is 378 g/mol. The zero-order valence-corrected chi connectivity index (χ0v) is 16.6.